The third-order valence-corrected chi connectivity index (χ3v) is 3.87. The van der Waals surface area contributed by atoms with Gasteiger partial charge in [0.05, 0.1) is 0 Å². The molecule has 0 aliphatic heterocycles. The summed E-state index contributed by atoms with van der Waals surface area (Å²) in [5.74, 6) is 0.584. The summed E-state index contributed by atoms with van der Waals surface area (Å²) in [6.07, 6.45) is 0. The van der Waals surface area contributed by atoms with Gasteiger partial charge in [0.25, 0.3) is 0 Å². The van der Waals surface area contributed by atoms with Crippen LogP contribution in [-0.4, -0.2) is 10.2 Å². The first-order valence-corrected chi connectivity index (χ1v) is 6.51. The summed E-state index contributed by atoms with van der Waals surface area (Å²) in [4.78, 5) is 0. The fourth-order valence-electron chi connectivity index (χ4n) is 2.91. The van der Waals surface area contributed by atoms with Gasteiger partial charge in [-0.15, -0.1) is 0 Å². The quantitative estimate of drug-likeness (QED) is 0.455. The van der Waals surface area contributed by atoms with Crippen LogP contribution >= 0.6 is 0 Å². The van der Waals surface area contributed by atoms with Gasteiger partial charge in [0.15, 0.2) is 0 Å². The zero-order valence-electron chi connectivity index (χ0n) is 10.7. The minimum Gasteiger partial charge on any atom is -0.507 e. The molecule has 96 valence electrons. The maximum atomic E-state index is 9.95. The lowest BCUT2D eigenvalue weighted by atomic mass is 9.96. The van der Waals surface area contributed by atoms with E-state index in [2.05, 4.69) is 0 Å². The highest BCUT2D eigenvalue weighted by atomic mass is 16.3. The summed E-state index contributed by atoms with van der Waals surface area (Å²) in [6.45, 7) is 0. The van der Waals surface area contributed by atoms with Crippen molar-refractivity contribution in [3.8, 4) is 11.5 Å². The van der Waals surface area contributed by atoms with E-state index in [1.807, 2.05) is 48.5 Å². The Kier molecular flexibility index (Phi) is 2.15. The molecule has 0 unspecified atom stereocenters. The standard InChI is InChI=1S/C18H12O2/c19-17-5-1-3-11-13-7-10-16-12(4-2-6-18(16)20)14(13)8-9-15(11)17/h1-10,19-20H. The van der Waals surface area contributed by atoms with Crippen molar-refractivity contribution in [3.05, 3.63) is 60.7 Å². The maximum absolute atomic E-state index is 9.95. The van der Waals surface area contributed by atoms with Crippen molar-refractivity contribution in [1.82, 2.24) is 0 Å². The van der Waals surface area contributed by atoms with E-state index < -0.39 is 0 Å². The predicted octanol–water partition coefficient (Wildman–Crippen LogP) is 4.56. The molecule has 4 rings (SSSR count). The van der Waals surface area contributed by atoms with Crippen molar-refractivity contribution in [3.63, 3.8) is 0 Å². The molecule has 0 aromatic heterocycles. The van der Waals surface area contributed by atoms with Crippen LogP contribution in [0.25, 0.3) is 32.3 Å². The van der Waals surface area contributed by atoms with E-state index in [1.54, 1.807) is 12.1 Å². The van der Waals surface area contributed by atoms with Gasteiger partial charge in [-0.2, -0.15) is 0 Å². The molecule has 0 saturated carbocycles. The van der Waals surface area contributed by atoms with Crippen LogP contribution in [0.15, 0.2) is 60.7 Å². The van der Waals surface area contributed by atoms with Gasteiger partial charge in [-0.1, -0.05) is 48.5 Å². The summed E-state index contributed by atoms with van der Waals surface area (Å²) in [5.41, 5.74) is 0. The van der Waals surface area contributed by atoms with Gasteiger partial charge in [-0.25, -0.2) is 0 Å². The molecule has 0 saturated heterocycles. The number of fused-ring (bicyclic) bond motifs is 5. The zero-order chi connectivity index (χ0) is 13.7. The Hall–Kier alpha value is -2.74. The molecule has 0 bridgehead atoms. The number of hydrogen-bond acceptors (Lipinski definition) is 2. The monoisotopic (exact) mass is 260 g/mol. The second kappa shape index (κ2) is 3.87. The lowest BCUT2D eigenvalue weighted by molar-refractivity contribution is 0.481. The van der Waals surface area contributed by atoms with Crippen LogP contribution in [-0.2, 0) is 0 Å². The van der Waals surface area contributed by atoms with Gasteiger partial charge in [-0.05, 0) is 33.7 Å². The molecular weight excluding hydrogens is 248 g/mol. The Morgan fingerprint density at radius 1 is 0.400 bits per heavy atom. The Labute approximate surface area is 115 Å². The number of rotatable bonds is 0. The van der Waals surface area contributed by atoms with Gasteiger partial charge in [0.1, 0.15) is 11.5 Å². The Morgan fingerprint density at radius 2 is 0.750 bits per heavy atom. The third-order valence-electron chi connectivity index (χ3n) is 3.87. The van der Waals surface area contributed by atoms with E-state index >= 15 is 0 Å². The molecule has 0 aliphatic rings. The summed E-state index contributed by atoms with van der Waals surface area (Å²) in [7, 11) is 0. The number of phenols is 2. The molecular formula is C18H12O2. The second-order valence-corrected chi connectivity index (χ2v) is 4.97. The van der Waals surface area contributed by atoms with E-state index in [0.29, 0.717) is 11.5 Å². The smallest absolute Gasteiger partial charge is 0.123 e. The molecule has 2 N–H and O–H groups in total. The first-order valence-electron chi connectivity index (χ1n) is 6.51. The second-order valence-electron chi connectivity index (χ2n) is 4.97. The molecule has 2 heteroatoms. The van der Waals surface area contributed by atoms with E-state index in [4.69, 9.17) is 0 Å². The minimum atomic E-state index is 0.292. The molecule has 20 heavy (non-hydrogen) atoms. The molecule has 0 heterocycles. The third kappa shape index (κ3) is 1.39. The summed E-state index contributed by atoms with van der Waals surface area (Å²) in [5, 5.41) is 25.8. The van der Waals surface area contributed by atoms with Crippen molar-refractivity contribution in [2.24, 2.45) is 0 Å². The molecule has 0 amide bonds. The molecule has 0 radical (unpaired) electrons. The molecule has 4 aromatic rings. The first-order chi connectivity index (χ1) is 9.75. The summed E-state index contributed by atoms with van der Waals surface area (Å²) in [6, 6.07) is 19.0. The van der Waals surface area contributed by atoms with Crippen LogP contribution in [0.5, 0.6) is 11.5 Å². The van der Waals surface area contributed by atoms with Gasteiger partial charge in [-0.3, -0.25) is 0 Å². The van der Waals surface area contributed by atoms with Crippen molar-refractivity contribution in [1.29, 1.82) is 0 Å². The number of aromatic hydroxyl groups is 2. The Bertz CT molecular complexity index is 890. The summed E-state index contributed by atoms with van der Waals surface area (Å²) >= 11 is 0. The van der Waals surface area contributed by atoms with Crippen LogP contribution in [0.3, 0.4) is 0 Å². The van der Waals surface area contributed by atoms with Gasteiger partial charge in [0, 0.05) is 10.8 Å². The fraction of sp³-hybridized carbons (Fsp3) is 0. The lowest BCUT2D eigenvalue weighted by Crippen LogP contribution is -1.81. The highest BCUT2D eigenvalue weighted by Gasteiger charge is 2.08. The van der Waals surface area contributed by atoms with Gasteiger partial charge < -0.3 is 10.2 Å². The van der Waals surface area contributed by atoms with Crippen LogP contribution in [0.1, 0.15) is 0 Å². The van der Waals surface area contributed by atoms with Gasteiger partial charge in [0.2, 0.25) is 0 Å². The van der Waals surface area contributed by atoms with E-state index in [9.17, 15) is 10.2 Å². The number of hydrogen-bond donors (Lipinski definition) is 2. The zero-order valence-corrected chi connectivity index (χ0v) is 10.7. The molecule has 0 fully saturated rings. The normalized spacial score (nSPS) is 11.4. The minimum absolute atomic E-state index is 0.292. The molecule has 2 nitrogen and oxygen atoms in total. The van der Waals surface area contributed by atoms with Crippen LogP contribution in [0.4, 0.5) is 0 Å². The number of benzene rings is 4. The molecule has 0 spiro atoms. The molecule has 4 aromatic carbocycles. The van der Waals surface area contributed by atoms with Crippen molar-refractivity contribution in [2.45, 2.75) is 0 Å². The van der Waals surface area contributed by atoms with Crippen LogP contribution in [0.2, 0.25) is 0 Å². The average Bonchev–Trinajstić information content (AvgIpc) is 2.47. The van der Waals surface area contributed by atoms with Crippen LogP contribution in [0, 0.1) is 0 Å². The van der Waals surface area contributed by atoms with E-state index in [1.165, 1.54) is 0 Å². The van der Waals surface area contributed by atoms with Crippen molar-refractivity contribution < 1.29 is 10.2 Å². The van der Waals surface area contributed by atoms with Crippen molar-refractivity contribution in [2.75, 3.05) is 0 Å². The maximum Gasteiger partial charge on any atom is 0.123 e. The Morgan fingerprint density at radius 3 is 1.20 bits per heavy atom. The number of phenolic OH excluding ortho intramolecular Hbond substituents is 2. The lowest BCUT2D eigenvalue weighted by Gasteiger charge is -2.09. The van der Waals surface area contributed by atoms with E-state index in [0.717, 1.165) is 32.3 Å². The van der Waals surface area contributed by atoms with Crippen LogP contribution < -0.4 is 0 Å². The SMILES string of the molecule is Oc1cccc2c1ccc1c3cccc(O)c3ccc21. The average molecular weight is 260 g/mol. The summed E-state index contributed by atoms with van der Waals surface area (Å²) < 4.78 is 0. The molecule has 0 aliphatic carbocycles. The first kappa shape index (κ1) is 11.1. The fourth-order valence-corrected chi connectivity index (χ4v) is 2.91. The topological polar surface area (TPSA) is 40.5 Å². The highest BCUT2D eigenvalue weighted by molar-refractivity contribution is 6.18. The highest BCUT2D eigenvalue weighted by Crippen LogP contribution is 2.36. The molecule has 0 atom stereocenters. The van der Waals surface area contributed by atoms with Gasteiger partial charge >= 0.3 is 0 Å². The van der Waals surface area contributed by atoms with Crippen molar-refractivity contribution >= 4 is 32.3 Å². The van der Waals surface area contributed by atoms with E-state index in [-0.39, 0.29) is 0 Å². The predicted molar refractivity (Wildman–Crippen MR) is 82.3 cm³/mol. The Balaban J connectivity index is 2.28. The largest absolute Gasteiger partial charge is 0.507 e.